The number of benzene rings is 4. The Balaban J connectivity index is 0.000000198. The number of nitrogens with one attached hydrogen (secondary N) is 1. The number of fused-ring (bicyclic) bond motifs is 3. The molecule has 42 heavy (non-hydrogen) atoms. The van der Waals surface area contributed by atoms with Crippen molar-refractivity contribution in [3.05, 3.63) is 167 Å². The maximum absolute atomic E-state index is 9.26. The molecule has 6 rings (SSSR count). The number of allylic oxidation sites excluding steroid dienone is 1. The van der Waals surface area contributed by atoms with Gasteiger partial charge in [-0.2, -0.15) is 46.7 Å². The van der Waals surface area contributed by atoms with E-state index in [4.69, 9.17) is 5.73 Å². The fourth-order valence-corrected chi connectivity index (χ4v) is 5.26. The minimum Gasteiger partial charge on any atom is -0.698 e. The number of aryl methyl sites for hydroxylation is 1. The maximum Gasteiger partial charge on any atom is 2.00 e. The third kappa shape index (κ3) is 6.84. The Kier molecular flexibility index (Phi) is 10.7. The Hall–Kier alpha value is -3.72. The van der Waals surface area contributed by atoms with Gasteiger partial charge in [-0.3, -0.25) is 0 Å². The van der Waals surface area contributed by atoms with Gasteiger partial charge in [0.1, 0.15) is 0 Å². The molecule has 0 atom stereocenters. The van der Waals surface area contributed by atoms with Crippen LogP contribution in [0.3, 0.4) is 0 Å². The maximum atomic E-state index is 9.26. The van der Waals surface area contributed by atoms with E-state index >= 15 is 0 Å². The molecule has 1 aliphatic rings. The van der Waals surface area contributed by atoms with Gasteiger partial charge >= 0.3 is 45.5 Å². The topological polar surface area (TPSA) is 51.5 Å². The summed E-state index contributed by atoms with van der Waals surface area (Å²) in [6.07, 6.45) is 4.74. The number of rotatable bonds is 4. The van der Waals surface area contributed by atoms with Crippen LogP contribution in [0.5, 0.6) is 0 Å². The molecule has 0 fully saturated rings. The normalized spacial score (nSPS) is 11.5. The second-order valence-electron chi connectivity index (χ2n) is 10.1. The van der Waals surface area contributed by atoms with Gasteiger partial charge in [0.05, 0.1) is 23.0 Å². The number of nitriles is 1. The van der Waals surface area contributed by atoms with Crippen molar-refractivity contribution in [3.63, 3.8) is 0 Å². The van der Waals surface area contributed by atoms with Crippen molar-refractivity contribution in [2.24, 2.45) is 0 Å². The molecule has 1 aliphatic heterocycles. The first-order chi connectivity index (χ1) is 20.0. The van der Waals surface area contributed by atoms with Gasteiger partial charge in [0.2, 0.25) is 0 Å². The largest absolute Gasteiger partial charge is 2.00 e. The average molecular weight is 618 g/mol. The van der Waals surface area contributed by atoms with Gasteiger partial charge in [-0.05, 0) is 37.5 Å². The number of aromatic nitrogens is 1. The van der Waals surface area contributed by atoms with Gasteiger partial charge in [-0.25, -0.2) is 0 Å². The standard InChI is InChI=1S/C22H16N2.C16H16N.Sr/c23-16-20-10-1-3-13-21(20)19-12-6-8-17(15-19)7-5-11-18-9-2-4-14-22(18)24;1-11-7-6-10-16-15-9-5-4-8-14(15)12(2)13(3)17(11)16;/h1-6,9-15,24H,7H2;4-10H,1-3H3;/q-2;-1;+2/b11-5-;;. The zero-order valence-electron chi connectivity index (χ0n) is 24.4. The summed E-state index contributed by atoms with van der Waals surface area (Å²) in [6.45, 7) is 6.56. The number of hydrogen-bond acceptors (Lipinski definition) is 1. The molecule has 0 aliphatic carbocycles. The van der Waals surface area contributed by atoms with E-state index in [2.05, 4.69) is 86.0 Å². The van der Waals surface area contributed by atoms with Crippen molar-refractivity contribution < 1.29 is 4.57 Å². The van der Waals surface area contributed by atoms with Crippen LogP contribution in [-0.2, 0) is 6.42 Å². The first-order valence-corrected chi connectivity index (χ1v) is 13.7. The van der Waals surface area contributed by atoms with Crippen LogP contribution in [0.4, 0.5) is 5.69 Å². The molecule has 0 unspecified atom stereocenters. The van der Waals surface area contributed by atoms with Crippen molar-refractivity contribution in [1.82, 2.24) is 0 Å². The molecule has 4 aromatic carbocycles. The summed E-state index contributed by atoms with van der Waals surface area (Å²) in [7, 11) is 0. The summed E-state index contributed by atoms with van der Waals surface area (Å²) in [5, 5.41) is 9.26. The van der Waals surface area contributed by atoms with E-state index in [1.165, 1.54) is 34.5 Å². The van der Waals surface area contributed by atoms with Gasteiger partial charge in [0, 0.05) is 6.04 Å². The first kappa shape index (κ1) is 31.2. The second kappa shape index (κ2) is 14.4. The molecular formula is C38H32N3Sr-. The number of pyridine rings is 1. The molecule has 0 spiro atoms. The van der Waals surface area contributed by atoms with E-state index < -0.39 is 0 Å². The quantitative estimate of drug-likeness (QED) is 0.113. The smallest absolute Gasteiger partial charge is 0.698 e. The van der Waals surface area contributed by atoms with Crippen molar-refractivity contribution in [2.45, 2.75) is 27.2 Å². The summed E-state index contributed by atoms with van der Waals surface area (Å²) in [4.78, 5) is 0. The van der Waals surface area contributed by atoms with Crippen LogP contribution in [0, 0.1) is 36.3 Å². The van der Waals surface area contributed by atoms with Gasteiger partial charge in [-0.15, -0.1) is 34.9 Å². The molecule has 202 valence electrons. The fourth-order valence-electron chi connectivity index (χ4n) is 5.26. The predicted molar refractivity (Wildman–Crippen MR) is 173 cm³/mol. The van der Waals surface area contributed by atoms with Crippen LogP contribution in [0.2, 0.25) is 0 Å². The number of hydrogen-bond donors (Lipinski definition) is 0. The Labute approximate surface area is 287 Å². The molecule has 0 saturated carbocycles. The van der Waals surface area contributed by atoms with E-state index in [9.17, 15) is 5.26 Å². The zero-order chi connectivity index (χ0) is 28.8. The van der Waals surface area contributed by atoms with Gasteiger partial charge < -0.3 is 10.3 Å². The first-order valence-electron chi connectivity index (χ1n) is 13.7. The minimum absolute atomic E-state index is 0. The number of nitrogens with zero attached hydrogens (tertiary/aromatic N) is 2. The van der Waals surface area contributed by atoms with E-state index in [0.29, 0.717) is 11.3 Å². The Bertz CT molecular complexity index is 1750. The summed E-state index contributed by atoms with van der Waals surface area (Å²) in [5.41, 5.74) is 18.2. The van der Waals surface area contributed by atoms with Crippen LogP contribution in [0.25, 0.3) is 34.2 Å². The van der Waals surface area contributed by atoms with Gasteiger partial charge in [0.25, 0.3) is 0 Å². The van der Waals surface area contributed by atoms with Crippen molar-refractivity contribution in [1.29, 1.82) is 5.26 Å². The second-order valence-corrected chi connectivity index (χ2v) is 10.1. The summed E-state index contributed by atoms with van der Waals surface area (Å²) in [6, 6.07) is 43.0. The SMILES string of the molecule is Cc1cccc2[n+]1[C-](C)[C-](C)c1ccccc1-2.N#Cc1ccccc1-c1cc[c-]c(C/C=C\c2ccccc2[NH-])c1.[Sr+2]. The Morgan fingerprint density at radius 2 is 1.60 bits per heavy atom. The van der Waals surface area contributed by atoms with Crippen LogP contribution < -0.4 is 4.57 Å². The summed E-state index contributed by atoms with van der Waals surface area (Å²) >= 11 is 0. The molecule has 0 amide bonds. The molecule has 4 heteroatoms. The fraction of sp³-hybridized carbons (Fsp3) is 0.105. The average Bonchev–Trinajstić information content (AvgIpc) is 3.01. The molecular weight excluding hydrogens is 586 g/mol. The van der Waals surface area contributed by atoms with Crippen molar-refractivity contribution in [3.8, 4) is 28.5 Å². The zero-order valence-corrected chi connectivity index (χ0v) is 27.8. The third-order valence-corrected chi connectivity index (χ3v) is 7.49. The van der Waals surface area contributed by atoms with E-state index in [1.54, 1.807) is 6.07 Å². The molecule has 5 aromatic rings. The summed E-state index contributed by atoms with van der Waals surface area (Å²) < 4.78 is 2.34. The molecule has 2 heterocycles. The van der Waals surface area contributed by atoms with Gasteiger partial charge in [-0.1, -0.05) is 85.8 Å². The molecule has 1 aromatic heterocycles. The van der Waals surface area contributed by atoms with E-state index in [-0.39, 0.29) is 45.5 Å². The van der Waals surface area contributed by atoms with Crippen molar-refractivity contribution >= 4 is 57.2 Å². The molecule has 0 radical (unpaired) electrons. The Morgan fingerprint density at radius 3 is 2.38 bits per heavy atom. The van der Waals surface area contributed by atoms with Gasteiger partial charge in [0.15, 0.2) is 0 Å². The monoisotopic (exact) mass is 618 g/mol. The van der Waals surface area contributed by atoms with Crippen LogP contribution in [0.1, 0.15) is 41.8 Å². The molecule has 0 saturated heterocycles. The minimum atomic E-state index is 0. The van der Waals surface area contributed by atoms with E-state index in [0.717, 1.165) is 28.7 Å². The molecule has 0 bridgehead atoms. The summed E-state index contributed by atoms with van der Waals surface area (Å²) in [5.74, 6) is 1.37. The van der Waals surface area contributed by atoms with Crippen LogP contribution in [-0.4, -0.2) is 45.5 Å². The Morgan fingerprint density at radius 1 is 0.881 bits per heavy atom. The van der Waals surface area contributed by atoms with Crippen LogP contribution >= 0.6 is 0 Å². The van der Waals surface area contributed by atoms with Crippen LogP contribution in [0.15, 0.2) is 115 Å². The molecule has 3 nitrogen and oxygen atoms in total. The van der Waals surface area contributed by atoms with Crippen molar-refractivity contribution in [2.75, 3.05) is 0 Å². The molecule has 1 N–H and O–H groups in total. The third-order valence-electron chi connectivity index (χ3n) is 7.49. The predicted octanol–water partition coefficient (Wildman–Crippen LogP) is 8.89. The van der Waals surface area contributed by atoms with E-state index in [1.807, 2.05) is 66.7 Å².